The number of hydrogen-bond acceptors (Lipinski definition) is 3. The van der Waals surface area contributed by atoms with E-state index in [1.807, 2.05) is 0 Å². The van der Waals surface area contributed by atoms with Gasteiger partial charge in [-0.25, -0.2) is 0 Å². The van der Waals surface area contributed by atoms with E-state index in [-0.39, 0.29) is 5.91 Å². The fraction of sp³-hybridized carbons (Fsp3) is 0.682. The predicted molar refractivity (Wildman–Crippen MR) is 106 cm³/mol. The molecule has 1 saturated carbocycles. The van der Waals surface area contributed by atoms with Crippen LogP contribution in [0.3, 0.4) is 0 Å². The molecule has 1 fully saturated rings. The third-order valence-electron chi connectivity index (χ3n) is 5.97. The molecule has 1 unspecified atom stereocenters. The lowest BCUT2D eigenvalue weighted by Crippen LogP contribution is -2.41. The number of benzene rings is 1. The van der Waals surface area contributed by atoms with Crippen molar-refractivity contribution >= 4 is 5.91 Å². The molecule has 2 N–H and O–H groups in total. The molecular formula is C22H34N2O2. The molecule has 0 heterocycles. The highest BCUT2D eigenvalue weighted by molar-refractivity contribution is 5.78. The number of rotatable bonds is 8. The fourth-order valence-electron chi connectivity index (χ4n) is 4.61. The van der Waals surface area contributed by atoms with Crippen LogP contribution in [0.4, 0.5) is 0 Å². The van der Waals surface area contributed by atoms with Crippen LogP contribution in [-0.2, 0) is 11.2 Å². The second-order valence-electron chi connectivity index (χ2n) is 7.84. The molecule has 3 rings (SSSR count). The quantitative estimate of drug-likeness (QED) is 0.692. The molecule has 0 saturated heterocycles. The first-order valence-electron chi connectivity index (χ1n) is 10.4. The minimum atomic E-state index is 0.157. The highest BCUT2D eigenvalue weighted by atomic mass is 16.5. The van der Waals surface area contributed by atoms with Crippen LogP contribution in [0.5, 0.6) is 5.75 Å². The molecule has 2 aliphatic carbocycles. The molecule has 1 aromatic rings. The van der Waals surface area contributed by atoms with Crippen molar-refractivity contribution in [3.05, 3.63) is 29.3 Å². The number of nitrogens with one attached hydrogen (secondary N) is 2. The van der Waals surface area contributed by atoms with Crippen LogP contribution < -0.4 is 15.4 Å². The Balaban J connectivity index is 1.36. The topological polar surface area (TPSA) is 50.4 Å². The summed E-state index contributed by atoms with van der Waals surface area (Å²) in [5, 5.41) is 6.49. The summed E-state index contributed by atoms with van der Waals surface area (Å²) in [5.74, 6) is 1.83. The smallest absolute Gasteiger partial charge is 0.234 e. The van der Waals surface area contributed by atoms with E-state index in [0.29, 0.717) is 18.5 Å². The highest BCUT2D eigenvalue weighted by Gasteiger charge is 2.22. The van der Waals surface area contributed by atoms with E-state index in [9.17, 15) is 4.79 Å². The Kier molecular flexibility index (Phi) is 7.36. The van der Waals surface area contributed by atoms with Gasteiger partial charge in [-0.05, 0) is 74.6 Å². The minimum absolute atomic E-state index is 0.157. The third-order valence-corrected chi connectivity index (χ3v) is 5.97. The van der Waals surface area contributed by atoms with Gasteiger partial charge >= 0.3 is 0 Å². The zero-order chi connectivity index (χ0) is 18.2. The number of ether oxygens (including phenoxy) is 1. The Morgan fingerprint density at radius 3 is 2.81 bits per heavy atom. The number of fused-ring (bicyclic) bond motifs is 1. The average molecular weight is 359 g/mol. The summed E-state index contributed by atoms with van der Waals surface area (Å²) in [6.07, 6.45) is 12.1. The number of amides is 1. The average Bonchev–Trinajstić information content (AvgIpc) is 2.68. The first-order chi connectivity index (χ1) is 12.8. The van der Waals surface area contributed by atoms with Gasteiger partial charge in [0.15, 0.2) is 0 Å². The van der Waals surface area contributed by atoms with Gasteiger partial charge in [0, 0.05) is 6.04 Å². The Hall–Kier alpha value is -1.55. The SMILES string of the molecule is COc1cccc2c1CCCC2CCCNCC(=O)NC1CCCCC1. The van der Waals surface area contributed by atoms with Crippen LogP contribution in [0.2, 0.25) is 0 Å². The van der Waals surface area contributed by atoms with Crippen molar-refractivity contribution in [1.82, 2.24) is 10.6 Å². The number of methoxy groups -OCH3 is 1. The molecule has 0 bridgehead atoms. The van der Waals surface area contributed by atoms with Gasteiger partial charge in [0.25, 0.3) is 0 Å². The largest absolute Gasteiger partial charge is 0.496 e. The van der Waals surface area contributed by atoms with Crippen molar-refractivity contribution in [2.75, 3.05) is 20.2 Å². The van der Waals surface area contributed by atoms with Crippen molar-refractivity contribution in [1.29, 1.82) is 0 Å². The summed E-state index contributed by atoms with van der Waals surface area (Å²) in [6, 6.07) is 6.87. The van der Waals surface area contributed by atoms with Crippen LogP contribution >= 0.6 is 0 Å². The molecule has 4 nitrogen and oxygen atoms in total. The number of carbonyl (C=O) groups is 1. The fourth-order valence-corrected chi connectivity index (χ4v) is 4.61. The maximum Gasteiger partial charge on any atom is 0.234 e. The van der Waals surface area contributed by atoms with Crippen LogP contribution in [0.15, 0.2) is 18.2 Å². The highest BCUT2D eigenvalue weighted by Crippen LogP contribution is 2.38. The van der Waals surface area contributed by atoms with Gasteiger partial charge in [0.2, 0.25) is 5.91 Å². The first-order valence-corrected chi connectivity index (χ1v) is 10.4. The lowest BCUT2D eigenvalue weighted by Gasteiger charge is -2.27. The van der Waals surface area contributed by atoms with Gasteiger partial charge in [-0.2, -0.15) is 0 Å². The lowest BCUT2D eigenvalue weighted by atomic mass is 9.80. The van der Waals surface area contributed by atoms with Gasteiger partial charge in [-0.1, -0.05) is 31.4 Å². The number of carbonyl (C=O) groups excluding carboxylic acids is 1. The van der Waals surface area contributed by atoms with Crippen LogP contribution in [0.25, 0.3) is 0 Å². The minimum Gasteiger partial charge on any atom is -0.496 e. The van der Waals surface area contributed by atoms with E-state index in [1.165, 1.54) is 49.7 Å². The summed E-state index contributed by atoms with van der Waals surface area (Å²) < 4.78 is 5.54. The molecule has 1 atom stereocenters. The number of hydrogen-bond donors (Lipinski definition) is 2. The molecule has 0 aliphatic heterocycles. The molecule has 4 heteroatoms. The Morgan fingerprint density at radius 1 is 1.15 bits per heavy atom. The zero-order valence-electron chi connectivity index (χ0n) is 16.2. The second kappa shape index (κ2) is 9.96. The summed E-state index contributed by atoms with van der Waals surface area (Å²) >= 11 is 0. The van der Waals surface area contributed by atoms with Crippen molar-refractivity contribution in [3.8, 4) is 5.75 Å². The maximum absolute atomic E-state index is 12.0. The molecule has 2 aliphatic rings. The summed E-state index contributed by atoms with van der Waals surface area (Å²) in [7, 11) is 1.77. The summed E-state index contributed by atoms with van der Waals surface area (Å²) in [6.45, 7) is 1.36. The van der Waals surface area contributed by atoms with Crippen molar-refractivity contribution in [3.63, 3.8) is 0 Å². The van der Waals surface area contributed by atoms with Crippen molar-refractivity contribution in [2.24, 2.45) is 0 Å². The van der Waals surface area contributed by atoms with Gasteiger partial charge in [-0.3, -0.25) is 4.79 Å². The van der Waals surface area contributed by atoms with E-state index in [1.54, 1.807) is 7.11 Å². The molecular weight excluding hydrogens is 324 g/mol. The van der Waals surface area contributed by atoms with Crippen molar-refractivity contribution in [2.45, 2.75) is 76.2 Å². The van der Waals surface area contributed by atoms with E-state index >= 15 is 0 Å². The molecule has 144 valence electrons. The standard InChI is InChI=1S/C22H34N2O2/c1-26-21-14-6-12-19-17(8-5-13-20(19)21)9-7-15-23-16-22(25)24-18-10-3-2-4-11-18/h6,12,14,17-18,23H,2-5,7-11,13,15-16H2,1H3,(H,24,25). The normalized spacial score (nSPS) is 20.4. The van der Waals surface area contributed by atoms with E-state index in [2.05, 4.69) is 28.8 Å². The van der Waals surface area contributed by atoms with E-state index < -0.39 is 0 Å². The first kappa shape index (κ1) is 19.2. The maximum atomic E-state index is 12.0. The van der Waals surface area contributed by atoms with Gasteiger partial charge in [0.1, 0.15) is 5.75 Å². The van der Waals surface area contributed by atoms with Crippen LogP contribution in [-0.4, -0.2) is 32.1 Å². The van der Waals surface area contributed by atoms with Gasteiger partial charge < -0.3 is 15.4 Å². The molecule has 0 aromatic heterocycles. The monoisotopic (exact) mass is 358 g/mol. The summed E-state index contributed by atoms with van der Waals surface area (Å²) in [5.41, 5.74) is 2.89. The Morgan fingerprint density at radius 2 is 2.00 bits per heavy atom. The Labute approximate surface area is 158 Å². The second-order valence-corrected chi connectivity index (χ2v) is 7.84. The lowest BCUT2D eigenvalue weighted by molar-refractivity contribution is -0.121. The van der Waals surface area contributed by atoms with Crippen molar-refractivity contribution < 1.29 is 9.53 Å². The molecule has 0 radical (unpaired) electrons. The molecule has 1 aromatic carbocycles. The van der Waals surface area contributed by atoms with E-state index in [0.717, 1.165) is 38.0 Å². The van der Waals surface area contributed by atoms with Gasteiger partial charge in [0.05, 0.1) is 13.7 Å². The van der Waals surface area contributed by atoms with Gasteiger partial charge in [-0.15, -0.1) is 0 Å². The third kappa shape index (κ3) is 5.23. The van der Waals surface area contributed by atoms with Crippen LogP contribution in [0, 0.1) is 0 Å². The molecule has 0 spiro atoms. The van der Waals surface area contributed by atoms with E-state index in [4.69, 9.17) is 4.74 Å². The Bertz CT molecular complexity index is 582. The van der Waals surface area contributed by atoms with Crippen LogP contribution in [0.1, 0.15) is 74.8 Å². The predicted octanol–water partition coefficient (Wildman–Crippen LogP) is 3.93. The zero-order valence-corrected chi connectivity index (χ0v) is 16.2. The molecule has 1 amide bonds. The molecule has 26 heavy (non-hydrogen) atoms. The summed E-state index contributed by atoms with van der Waals surface area (Å²) in [4.78, 5) is 12.0.